The third-order valence-corrected chi connectivity index (χ3v) is 3.16. The molecule has 0 amide bonds. The zero-order valence-electron chi connectivity index (χ0n) is 10.6. The van der Waals surface area contributed by atoms with Gasteiger partial charge in [-0.25, -0.2) is 0 Å². The number of hydrogen-bond donors (Lipinski definition) is 0. The summed E-state index contributed by atoms with van der Waals surface area (Å²) in [7, 11) is 0. The lowest BCUT2D eigenvalue weighted by Gasteiger charge is -2.07. The Kier molecular flexibility index (Phi) is 3.05. The molecule has 1 aromatic heterocycles. The molecule has 2 aromatic carbocycles. The SMILES string of the molecule is O=[N+]([O-])/C=C/c1cccn1-c1ccc2ccccc2c1. The molecule has 1 heterocycles. The van der Waals surface area contributed by atoms with Gasteiger partial charge in [-0.15, -0.1) is 0 Å². The van der Waals surface area contributed by atoms with Crippen molar-refractivity contribution in [3.05, 3.63) is 82.8 Å². The van der Waals surface area contributed by atoms with Gasteiger partial charge in [0.25, 0.3) is 0 Å². The molecule has 20 heavy (non-hydrogen) atoms. The van der Waals surface area contributed by atoms with E-state index in [0.29, 0.717) is 0 Å². The smallest absolute Gasteiger partial charge is 0.236 e. The average molecular weight is 264 g/mol. The number of aromatic nitrogens is 1. The molecule has 4 nitrogen and oxygen atoms in total. The molecular weight excluding hydrogens is 252 g/mol. The van der Waals surface area contributed by atoms with Gasteiger partial charge >= 0.3 is 0 Å². The lowest BCUT2D eigenvalue weighted by atomic mass is 10.1. The molecule has 0 aliphatic rings. The van der Waals surface area contributed by atoms with E-state index in [0.717, 1.165) is 23.0 Å². The molecule has 0 aliphatic carbocycles. The molecule has 0 saturated carbocycles. The minimum atomic E-state index is -0.461. The Balaban J connectivity index is 2.07. The van der Waals surface area contributed by atoms with Crippen LogP contribution in [0.25, 0.3) is 22.5 Å². The molecule has 4 heteroatoms. The maximum Gasteiger partial charge on any atom is 0.236 e. The number of fused-ring (bicyclic) bond motifs is 1. The quantitative estimate of drug-likeness (QED) is 0.532. The Labute approximate surface area is 115 Å². The van der Waals surface area contributed by atoms with E-state index in [2.05, 4.69) is 18.2 Å². The van der Waals surface area contributed by atoms with Gasteiger partial charge < -0.3 is 4.57 Å². The van der Waals surface area contributed by atoms with Crippen molar-refractivity contribution in [1.29, 1.82) is 0 Å². The normalized spacial score (nSPS) is 11.2. The van der Waals surface area contributed by atoms with Crippen molar-refractivity contribution in [2.24, 2.45) is 0 Å². The van der Waals surface area contributed by atoms with Crippen LogP contribution in [0.3, 0.4) is 0 Å². The molecule has 0 radical (unpaired) electrons. The van der Waals surface area contributed by atoms with Gasteiger partial charge in [-0.3, -0.25) is 10.1 Å². The summed E-state index contributed by atoms with van der Waals surface area (Å²) in [5.41, 5.74) is 1.76. The fraction of sp³-hybridized carbons (Fsp3) is 0. The highest BCUT2D eigenvalue weighted by molar-refractivity contribution is 5.84. The van der Waals surface area contributed by atoms with Crippen molar-refractivity contribution in [1.82, 2.24) is 4.57 Å². The van der Waals surface area contributed by atoms with E-state index in [9.17, 15) is 10.1 Å². The van der Waals surface area contributed by atoms with Gasteiger partial charge in [0.15, 0.2) is 0 Å². The first kappa shape index (κ1) is 12.2. The van der Waals surface area contributed by atoms with Crippen molar-refractivity contribution in [3.8, 4) is 5.69 Å². The van der Waals surface area contributed by atoms with Crippen LogP contribution in [0.15, 0.2) is 67.0 Å². The summed E-state index contributed by atoms with van der Waals surface area (Å²) in [5, 5.41) is 12.7. The Bertz CT molecular complexity index is 803. The van der Waals surface area contributed by atoms with Crippen LogP contribution in [0.1, 0.15) is 5.69 Å². The van der Waals surface area contributed by atoms with Gasteiger partial charge in [-0.05, 0) is 35.0 Å². The Morgan fingerprint density at radius 3 is 2.60 bits per heavy atom. The predicted octanol–water partition coefficient (Wildman–Crippen LogP) is 3.88. The second kappa shape index (κ2) is 5.01. The van der Waals surface area contributed by atoms with Crippen molar-refractivity contribution in [3.63, 3.8) is 0 Å². The Morgan fingerprint density at radius 2 is 1.80 bits per heavy atom. The van der Waals surface area contributed by atoms with E-state index in [-0.39, 0.29) is 0 Å². The molecular formula is C16H12N2O2. The molecule has 98 valence electrons. The molecule has 3 aromatic rings. The van der Waals surface area contributed by atoms with Crippen LogP contribution >= 0.6 is 0 Å². The van der Waals surface area contributed by atoms with Gasteiger partial charge in [0.05, 0.1) is 10.6 Å². The van der Waals surface area contributed by atoms with Crippen LogP contribution in [0.4, 0.5) is 0 Å². The number of hydrogen-bond acceptors (Lipinski definition) is 2. The third-order valence-electron chi connectivity index (χ3n) is 3.16. The lowest BCUT2D eigenvalue weighted by Crippen LogP contribution is -1.95. The molecule has 0 unspecified atom stereocenters. The predicted molar refractivity (Wildman–Crippen MR) is 79.3 cm³/mol. The van der Waals surface area contributed by atoms with Gasteiger partial charge in [0.2, 0.25) is 6.20 Å². The largest absolute Gasteiger partial charge is 0.317 e. The summed E-state index contributed by atoms with van der Waals surface area (Å²) < 4.78 is 1.92. The van der Waals surface area contributed by atoms with E-state index in [4.69, 9.17) is 0 Å². The van der Waals surface area contributed by atoms with Crippen LogP contribution in [0.5, 0.6) is 0 Å². The standard InChI is InChI=1S/C16H12N2O2/c19-18(20)11-9-15-6-3-10-17(15)16-8-7-13-4-1-2-5-14(13)12-16/h1-12H/b11-9+. The van der Waals surface area contributed by atoms with Gasteiger partial charge in [-0.1, -0.05) is 30.3 Å². The van der Waals surface area contributed by atoms with Crippen LogP contribution < -0.4 is 0 Å². The zero-order valence-corrected chi connectivity index (χ0v) is 10.6. The molecule has 0 N–H and O–H groups in total. The second-order valence-corrected chi connectivity index (χ2v) is 4.44. The van der Waals surface area contributed by atoms with Crippen molar-refractivity contribution >= 4 is 16.8 Å². The van der Waals surface area contributed by atoms with E-state index in [1.807, 2.05) is 47.2 Å². The van der Waals surface area contributed by atoms with E-state index >= 15 is 0 Å². The lowest BCUT2D eigenvalue weighted by molar-refractivity contribution is -0.401. The fourth-order valence-corrected chi connectivity index (χ4v) is 2.23. The number of benzene rings is 2. The highest BCUT2D eigenvalue weighted by atomic mass is 16.6. The molecule has 0 atom stereocenters. The maximum atomic E-state index is 10.4. The van der Waals surface area contributed by atoms with Crippen molar-refractivity contribution in [2.45, 2.75) is 0 Å². The topological polar surface area (TPSA) is 48.1 Å². The second-order valence-electron chi connectivity index (χ2n) is 4.44. The first-order chi connectivity index (χ1) is 9.74. The minimum absolute atomic E-state index is 0.461. The molecule has 0 aliphatic heterocycles. The van der Waals surface area contributed by atoms with Gasteiger partial charge in [0, 0.05) is 18.0 Å². The fourth-order valence-electron chi connectivity index (χ4n) is 2.23. The van der Waals surface area contributed by atoms with Gasteiger partial charge in [0.1, 0.15) is 0 Å². The Morgan fingerprint density at radius 1 is 1.00 bits per heavy atom. The highest BCUT2D eigenvalue weighted by Crippen LogP contribution is 2.20. The van der Waals surface area contributed by atoms with E-state index in [1.54, 1.807) is 0 Å². The summed E-state index contributed by atoms with van der Waals surface area (Å²) >= 11 is 0. The summed E-state index contributed by atoms with van der Waals surface area (Å²) in [6, 6.07) is 17.9. The molecule has 0 saturated heterocycles. The van der Waals surface area contributed by atoms with E-state index < -0.39 is 4.92 Å². The van der Waals surface area contributed by atoms with Crippen LogP contribution in [0, 0.1) is 10.1 Å². The number of rotatable bonds is 3. The first-order valence-electron chi connectivity index (χ1n) is 6.22. The molecule has 0 spiro atoms. The van der Waals surface area contributed by atoms with Crippen LogP contribution in [-0.4, -0.2) is 9.49 Å². The van der Waals surface area contributed by atoms with Crippen molar-refractivity contribution in [2.75, 3.05) is 0 Å². The highest BCUT2D eigenvalue weighted by Gasteiger charge is 2.03. The summed E-state index contributed by atoms with van der Waals surface area (Å²) in [4.78, 5) is 9.97. The first-order valence-corrected chi connectivity index (χ1v) is 6.22. The molecule has 3 rings (SSSR count). The van der Waals surface area contributed by atoms with Crippen LogP contribution in [0.2, 0.25) is 0 Å². The summed E-state index contributed by atoms with van der Waals surface area (Å²) in [6.07, 6.45) is 4.34. The zero-order chi connectivity index (χ0) is 13.9. The maximum absolute atomic E-state index is 10.4. The number of nitrogens with zero attached hydrogens (tertiary/aromatic N) is 2. The molecule has 0 bridgehead atoms. The average Bonchev–Trinajstić information content (AvgIpc) is 2.93. The molecule has 0 fully saturated rings. The monoisotopic (exact) mass is 264 g/mol. The van der Waals surface area contributed by atoms with Crippen LogP contribution in [-0.2, 0) is 0 Å². The summed E-state index contributed by atoms with van der Waals surface area (Å²) in [5.74, 6) is 0. The van der Waals surface area contributed by atoms with Gasteiger partial charge in [-0.2, -0.15) is 0 Å². The third kappa shape index (κ3) is 2.31. The Hall–Kier alpha value is -2.88. The minimum Gasteiger partial charge on any atom is -0.317 e. The number of nitro groups is 1. The van der Waals surface area contributed by atoms with E-state index in [1.165, 1.54) is 11.5 Å². The summed E-state index contributed by atoms with van der Waals surface area (Å²) in [6.45, 7) is 0. The van der Waals surface area contributed by atoms with Crippen molar-refractivity contribution < 1.29 is 4.92 Å².